The maximum Gasteiger partial charge on any atom is 0.270 e. The topological polar surface area (TPSA) is 98.2 Å². The molecule has 3 rings (SSSR count). The fraction of sp³-hybridized carbons (Fsp3) is 0.0667. The number of aromatic nitrogens is 4. The first-order valence-electron chi connectivity index (χ1n) is 6.40. The highest BCUT2D eigenvalue weighted by Crippen LogP contribution is 2.25. The summed E-state index contributed by atoms with van der Waals surface area (Å²) >= 11 is 1.32. The fourth-order valence-electron chi connectivity index (χ4n) is 2.11. The van der Waals surface area contributed by atoms with Gasteiger partial charge in [0.25, 0.3) is 5.56 Å². The van der Waals surface area contributed by atoms with Gasteiger partial charge in [-0.1, -0.05) is 30.0 Å². The van der Waals surface area contributed by atoms with Crippen LogP contribution in [-0.2, 0) is 0 Å². The van der Waals surface area contributed by atoms with E-state index in [4.69, 9.17) is 0 Å². The molecule has 0 fully saturated rings. The summed E-state index contributed by atoms with van der Waals surface area (Å²) in [6.07, 6.45) is 5.12. The number of hydrogen-bond acceptors (Lipinski definition) is 5. The van der Waals surface area contributed by atoms with Crippen LogP contribution in [-0.4, -0.2) is 26.2 Å². The third-order valence-corrected chi connectivity index (χ3v) is 3.73. The van der Waals surface area contributed by atoms with Gasteiger partial charge < -0.3 is 9.97 Å². The zero-order chi connectivity index (χ0) is 15.5. The van der Waals surface area contributed by atoms with Crippen LogP contribution in [0.15, 0.2) is 46.7 Å². The van der Waals surface area contributed by atoms with Gasteiger partial charge in [0, 0.05) is 11.1 Å². The molecular formula is C15H11N5OS. The molecule has 1 aromatic carbocycles. The van der Waals surface area contributed by atoms with Crippen LogP contribution in [0.5, 0.6) is 0 Å². The molecule has 2 N–H and O–H groups in total. The molecule has 0 unspecified atom stereocenters. The average molecular weight is 309 g/mol. The number of thioether (sulfide) groups is 1. The van der Waals surface area contributed by atoms with Crippen molar-refractivity contribution in [2.75, 3.05) is 6.26 Å². The molecule has 0 amide bonds. The minimum Gasteiger partial charge on any atom is -0.345 e. The number of H-pyrrole nitrogens is 2. The van der Waals surface area contributed by atoms with Crippen molar-refractivity contribution in [2.24, 2.45) is 0 Å². The first kappa shape index (κ1) is 14.1. The molecule has 22 heavy (non-hydrogen) atoms. The molecule has 0 saturated carbocycles. The predicted octanol–water partition coefficient (Wildman–Crippen LogP) is 2.42. The first-order chi connectivity index (χ1) is 10.7. The number of nitriles is 1. The zero-order valence-corrected chi connectivity index (χ0v) is 12.4. The lowest BCUT2D eigenvalue weighted by Crippen LogP contribution is -2.14. The van der Waals surface area contributed by atoms with Crippen LogP contribution in [0.3, 0.4) is 0 Å². The second kappa shape index (κ2) is 5.87. The van der Waals surface area contributed by atoms with Gasteiger partial charge in [-0.15, -0.1) is 0 Å². The Morgan fingerprint density at radius 1 is 1.32 bits per heavy atom. The Hall–Kier alpha value is -2.85. The number of hydrogen-bond donors (Lipinski definition) is 2. The standard InChI is InChI=1S/C15H11N5OS/c1-22-15-19-13(11(6-16)14(21)20-15)10-4-2-3-9(5-10)12-7-17-8-18-12/h2-5,7-8H,1H3,(H,17,18)(H,19,20,21). The Bertz CT molecular complexity index is 908. The predicted molar refractivity (Wildman–Crippen MR) is 84.4 cm³/mol. The van der Waals surface area contributed by atoms with Crippen molar-refractivity contribution in [1.29, 1.82) is 5.26 Å². The van der Waals surface area contributed by atoms with E-state index >= 15 is 0 Å². The largest absolute Gasteiger partial charge is 0.345 e. The van der Waals surface area contributed by atoms with E-state index in [1.807, 2.05) is 36.6 Å². The lowest BCUT2D eigenvalue weighted by atomic mass is 10.0. The second-order valence-electron chi connectivity index (χ2n) is 4.46. The minimum absolute atomic E-state index is 0.0135. The van der Waals surface area contributed by atoms with Crippen LogP contribution in [0.2, 0.25) is 0 Å². The molecule has 0 atom stereocenters. The lowest BCUT2D eigenvalue weighted by molar-refractivity contribution is 0.937. The normalized spacial score (nSPS) is 10.4. The van der Waals surface area contributed by atoms with Crippen LogP contribution in [0.25, 0.3) is 22.5 Å². The van der Waals surface area contributed by atoms with Crippen molar-refractivity contribution in [3.05, 3.63) is 52.7 Å². The Labute approximate surface area is 130 Å². The summed E-state index contributed by atoms with van der Waals surface area (Å²) in [5.41, 5.74) is 2.45. The van der Waals surface area contributed by atoms with E-state index in [9.17, 15) is 10.1 Å². The molecule has 7 heteroatoms. The van der Waals surface area contributed by atoms with Crippen molar-refractivity contribution < 1.29 is 0 Å². The maximum absolute atomic E-state index is 12.0. The van der Waals surface area contributed by atoms with Crippen LogP contribution >= 0.6 is 11.8 Å². The monoisotopic (exact) mass is 309 g/mol. The smallest absolute Gasteiger partial charge is 0.270 e. The van der Waals surface area contributed by atoms with Crippen molar-refractivity contribution in [1.82, 2.24) is 19.9 Å². The molecular weight excluding hydrogens is 298 g/mol. The highest BCUT2D eigenvalue weighted by atomic mass is 32.2. The van der Waals surface area contributed by atoms with Crippen molar-refractivity contribution in [3.63, 3.8) is 0 Å². The molecule has 2 aromatic heterocycles. The van der Waals surface area contributed by atoms with Crippen LogP contribution in [0, 0.1) is 11.3 Å². The van der Waals surface area contributed by atoms with E-state index in [1.165, 1.54) is 11.8 Å². The molecule has 3 aromatic rings. The molecule has 2 heterocycles. The van der Waals surface area contributed by atoms with Gasteiger partial charge in [0.1, 0.15) is 11.6 Å². The Kier molecular flexibility index (Phi) is 3.76. The number of benzene rings is 1. The molecule has 0 aliphatic heterocycles. The first-order valence-corrected chi connectivity index (χ1v) is 7.63. The Morgan fingerprint density at radius 2 is 2.14 bits per heavy atom. The quantitative estimate of drug-likeness (QED) is 0.572. The molecule has 6 nitrogen and oxygen atoms in total. The molecule has 0 bridgehead atoms. The molecule has 0 spiro atoms. The minimum atomic E-state index is -0.427. The summed E-state index contributed by atoms with van der Waals surface area (Å²) < 4.78 is 0. The van der Waals surface area contributed by atoms with Gasteiger partial charge in [-0.2, -0.15) is 5.26 Å². The van der Waals surface area contributed by atoms with Gasteiger partial charge in [0.05, 0.1) is 23.9 Å². The summed E-state index contributed by atoms with van der Waals surface area (Å²) in [4.78, 5) is 26.0. The van der Waals surface area contributed by atoms with E-state index in [0.29, 0.717) is 16.4 Å². The highest BCUT2D eigenvalue weighted by Gasteiger charge is 2.13. The molecule has 108 valence electrons. The average Bonchev–Trinajstić information content (AvgIpc) is 3.08. The zero-order valence-electron chi connectivity index (χ0n) is 11.6. The number of aromatic amines is 2. The SMILES string of the molecule is CSc1nc(-c2cccc(-c3cnc[nH]3)c2)c(C#N)c(=O)[nH]1. The van der Waals surface area contributed by atoms with Crippen molar-refractivity contribution in [2.45, 2.75) is 5.16 Å². The van der Waals surface area contributed by atoms with Crippen molar-refractivity contribution in [3.8, 4) is 28.6 Å². The van der Waals surface area contributed by atoms with Crippen LogP contribution in [0.4, 0.5) is 0 Å². The van der Waals surface area contributed by atoms with Gasteiger partial charge >= 0.3 is 0 Å². The van der Waals surface area contributed by atoms with E-state index < -0.39 is 5.56 Å². The number of imidazole rings is 1. The molecule has 0 aliphatic rings. The summed E-state index contributed by atoms with van der Waals surface area (Å²) in [6, 6.07) is 9.41. The number of rotatable bonds is 3. The van der Waals surface area contributed by atoms with E-state index in [0.717, 1.165) is 11.3 Å². The van der Waals surface area contributed by atoms with Crippen molar-refractivity contribution >= 4 is 11.8 Å². The Balaban J connectivity index is 2.20. The second-order valence-corrected chi connectivity index (χ2v) is 5.25. The summed E-state index contributed by atoms with van der Waals surface area (Å²) in [7, 11) is 0. The van der Waals surface area contributed by atoms with Gasteiger partial charge in [0.15, 0.2) is 5.16 Å². The van der Waals surface area contributed by atoms with E-state index in [2.05, 4.69) is 19.9 Å². The third-order valence-electron chi connectivity index (χ3n) is 3.15. The number of nitrogens with zero attached hydrogens (tertiary/aromatic N) is 3. The van der Waals surface area contributed by atoms with Gasteiger partial charge in [-0.05, 0) is 12.3 Å². The molecule has 0 radical (unpaired) electrons. The van der Waals surface area contributed by atoms with E-state index in [1.54, 1.807) is 12.5 Å². The lowest BCUT2D eigenvalue weighted by Gasteiger charge is -2.06. The highest BCUT2D eigenvalue weighted by molar-refractivity contribution is 7.98. The number of nitrogens with one attached hydrogen (secondary N) is 2. The summed E-state index contributed by atoms with van der Waals surface area (Å²) in [5.74, 6) is 0. The third kappa shape index (κ3) is 2.52. The molecule has 0 aliphatic carbocycles. The molecule has 0 saturated heterocycles. The maximum atomic E-state index is 12.0. The van der Waals surface area contributed by atoms with E-state index in [-0.39, 0.29) is 5.56 Å². The summed E-state index contributed by atoms with van der Waals surface area (Å²) in [6.45, 7) is 0. The fourth-order valence-corrected chi connectivity index (χ4v) is 2.49. The Morgan fingerprint density at radius 3 is 2.82 bits per heavy atom. The van der Waals surface area contributed by atoms with Crippen LogP contribution < -0.4 is 5.56 Å². The van der Waals surface area contributed by atoms with Gasteiger partial charge in [-0.3, -0.25) is 4.79 Å². The van der Waals surface area contributed by atoms with Gasteiger partial charge in [0.2, 0.25) is 0 Å². The van der Waals surface area contributed by atoms with Gasteiger partial charge in [-0.25, -0.2) is 9.97 Å². The van der Waals surface area contributed by atoms with Crippen LogP contribution in [0.1, 0.15) is 5.56 Å². The summed E-state index contributed by atoms with van der Waals surface area (Å²) in [5, 5.41) is 9.72.